The fraction of sp³-hybridized carbons (Fsp3) is 0.0952. The molecule has 3 rings (SSSR count). The van der Waals surface area contributed by atoms with E-state index in [0.717, 1.165) is 0 Å². The first-order valence-corrected chi connectivity index (χ1v) is 8.18. The fourth-order valence-corrected chi connectivity index (χ4v) is 2.54. The zero-order valence-corrected chi connectivity index (χ0v) is 14.4. The van der Waals surface area contributed by atoms with Gasteiger partial charge in [0.1, 0.15) is 5.75 Å². The topological polar surface area (TPSA) is 59.3 Å². The van der Waals surface area contributed by atoms with Gasteiger partial charge in [0, 0.05) is 35.0 Å². The Bertz CT molecular complexity index is 906. The number of pyridine rings is 1. The van der Waals surface area contributed by atoms with Crippen LogP contribution in [0.1, 0.15) is 15.9 Å². The number of hydrogen-bond acceptors (Lipinski definition) is 3. The third kappa shape index (κ3) is 4.33. The smallest absolute Gasteiger partial charge is 0.290 e. The predicted octanol–water partition coefficient (Wildman–Crippen LogP) is 2.85. The van der Waals surface area contributed by atoms with E-state index in [-0.39, 0.29) is 18.2 Å². The lowest BCUT2D eigenvalue weighted by molar-refractivity contribution is -0.684. The van der Waals surface area contributed by atoms with Gasteiger partial charge in [-0.15, -0.1) is 0 Å². The Morgan fingerprint density at radius 2 is 1.62 bits per heavy atom. The number of benzene rings is 2. The molecule has 0 saturated heterocycles. The highest BCUT2D eigenvalue weighted by Gasteiger charge is 2.13. The summed E-state index contributed by atoms with van der Waals surface area (Å²) in [6.45, 7) is 0.150. The minimum absolute atomic E-state index is 0.0430. The van der Waals surface area contributed by atoms with Crippen LogP contribution in [0.4, 0.5) is 5.69 Å². The average molecular weight is 347 g/mol. The van der Waals surface area contributed by atoms with Crippen LogP contribution < -0.4 is 14.6 Å². The number of rotatable bonds is 6. The summed E-state index contributed by atoms with van der Waals surface area (Å²) < 4.78 is 6.86. The van der Waals surface area contributed by atoms with Gasteiger partial charge in [0.2, 0.25) is 6.54 Å². The normalized spacial score (nSPS) is 10.2. The second kappa shape index (κ2) is 8.07. The number of anilines is 1. The highest BCUT2D eigenvalue weighted by Crippen LogP contribution is 2.16. The lowest BCUT2D eigenvalue weighted by Gasteiger charge is -2.05. The molecule has 0 fully saturated rings. The molecule has 0 aliphatic rings. The number of nitrogens with one attached hydrogen (secondary N) is 1. The summed E-state index contributed by atoms with van der Waals surface area (Å²) in [6.07, 6.45) is 3.45. The van der Waals surface area contributed by atoms with Gasteiger partial charge < -0.3 is 10.1 Å². The second-order valence-corrected chi connectivity index (χ2v) is 5.73. The number of amides is 1. The molecule has 5 nitrogen and oxygen atoms in total. The summed E-state index contributed by atoms with van der Waals surface area (Å²) in [7, 11) is 1.58. The Morgan fingerprint density at radius 3 is 2.31 bits per heavy atom. The molecule has 0 atom stereocenters. The third-order valence-electron chi connectivity index (χ3n) is 3.87. The van der Waals surface area contributed by atoms with Crippen LogP contribution in [-0.4, -0.2) is 18.8 Å². The van der Waals surface area contributed by atoms with Crippen LogP contribution in [0, 0.1) is 0 Å². The summed E-state index contributed by atoms with van der Waals surface area (Å²) in [4.78, 5) is 24.6. The van der Waals surface area contributed by atoms with Crippen LogP contribution in [-0.2, 0) is 11.3 Å². The zero-order valence-electron chi connectivity index (χ0n) is 14.4. The summed E-state index contributed by atoms with van der Waals surface area (Å²) in [6, 6.07) is 19.7. The van der Waals surface area contributed by atoms with Crippen LogP contribution in [0.5, 0.6) is 5.75 Å². The Morgan fingerprint density at radius 1 is 0.923 bits per heavy atom. The van der Waals surface area contributed by atoms with E-state index >= 15 is 0 Å². The van der Waals surface area contributed by atoms with E-state index in [0.29, 0.717) is 22.6 Å². The van der Waals surface area contributed by atoms with Crippen molar-refractivity contribution in [3.8, 4) is 5.75 Å². The zero-order chi connectivity index (χ0) is 18.4. The molecule has 0 saturated carbocycles. The quantitative estimate of drug-likeness (QED) is 0.551. The lowest BCUT2D eigenvalue weighted by atomic mass is 10.0. The predicted molar refractivity (Wildman–Crippen MR) is 98.1 cm³/mol. The summed E-state index contributed by atoms with van der Waals surface area (Å²) in [5.74, 6) is 0.475. The van der Waals surface area contributed by atoms with Gasteiger partial charge in [0.25, 0.3) is 5.91 Å². The molecule has 1 aromatic heterocycles. The van der Waals surface area contributed by atoms with E-state index in [1.165, 1.54) is 0 Å². The molecule has 3 aromatic rings. The largest absolute Gasteiger partial charge is 0.497 e. The summed E-state index contributed by atoms with van der Waals surface area (Å²) >= 11 is 0. The lowest BCUT2D eigenvalue weighted by Crippen LogP contribution is -2.39. The molecule has 5 heteroatoms. The number of hydrogen-bond donors (Lipinski definition) is 1. The van der Waals surface area contributed by atoms with Crippen LogP contribution in [0.25, 0.3) is 0 Å². The molecular formula is C21H19N2O3+. The fourth-order valence-electron chi connectivity index (χ4n) is 2.54. The number of aromatic nitrogens is 1. The SMILES string of the molecule is COc1cccc(NC(=O)C[n+]2ccc(C(=O)c3ccccc3)cc2)c1. The van der Waals surface area contributed by atoms with E-state index < -0.39 is 0 Å². The maximum atomic E-state index is 12.4. The minimum atomic E-state index is -0.162. The Labute approximate surface area is 151 Å². The molecule has 2 aromatic carbocycles. The van der Waals surface area contributed by atoms with Gasteiger partial charge in [-0.2, -0.15) is 4.57 Å². The van der Waals surface area contributed by atoms with E-state index in [2.05, 4.69) is 5.32 Å². The van der Waals surface area contributed by atoms with Crippen molar-refractivity contribution in [2.45, 2.75) is 6.54 Å². The number of ether oxygens (including phenoxy) is 1. The number of nitrogens with zero attached hydrogens (tertiary/aromatic N) is 1. The Hall–Kier alpha value is -3.47. The minimum Gasteiger partial charge on any atom is -0.497 e. The van der Waals surface area contributed by atoms with Crippen molar-refractivity contribution in [2.24, 2.45) is 0 Å². The number of carbonyl (C=O) groups is 2. The summed E-state index contributed by atoms with van der Waals surface area (Å²) in [5, 5.41) is 2.82. The van der Waals surface area contributed by atoms with Crippen molar-refractivity contribution in [3.63, 3.8) is 0 Å². The molecule has 1 N–H and O–H groups in total. The molecular weight excluding hydrogens is 328 g/mol. The molecule has 0 aliphatic heterocycles. The molecule has 26 heavy (non-hydrogen) atoms. The van der Waals surface area contributed by atoms with Gasteiger partial charge >= 0.3 is 0 Å². The average Bonchev–Trinajstić information content (AvgIpc) is 2.69. The third-order valence-corrected chi connectivity index (χ3v) is 3.87. The number of carbonyl (C=O) groups excluding carboxylic acids is 2. The highest BCUT2D eigenvalue weighted by molar-refractivity contribution is 6.08. The van der Waals surface area contributed by atoms with Crippen LogP contribution >= 0.6 is 0 Å². The van der Waals surface area contributed by atoms with Crippen LogP contribution in [0.2, 0.25) is 0 Å². The monoisotopic (exact) mass is 347 g/mol. The van der Waals surface area contributed by atoms with Gasteiger partial charge in [-0.05, 0) is 12.1 Å². The van der Waals surface area contributed by atoms with Crippen molar-refractivity contribution < 1.29 is 18.9 Å². The molecule has 0 unspecified atom stereocenters. The first-order chi connectivity index (χ1) is 12.7. The Kier molecular flexibility index (Phi) is 5.39. The van der Waals surface area contributed by atoms with E-state index in [9.17, 15) is 9.59 Å². The van der Waals surface area contributed by atoms with Crippen LogP contribution in [0.15, 0.2) is 79.1 Å². The first-order valence-electron chi connectivity index (χ1n) is 8.18. The van der Waals surface area contributed by atoms with Gasteiger partial charge in [-0.25, -0.2) is 0 Å². The van der Waals surface area contributed by atoms with Gasteiger partial charge in [-0.3, -0.25) is 9.59 Å². The maximum absolute atomic E-state index is 12.4. The molecule has 0 aliphatic carbocycles. The summed E-state index contributed by atoms with van der Waals surface area (Å²) in [5.41, 5.74) is 1.90. The molecule has 0 spiro atoms. The molecule has 0 radical (unpaired) electrons. The van der Waals surface area contributed by atoms with Crippen molar-refractivity contribution in [3.05, 3.63) is 90.3 Å². The molecule has 1 amide bonds. The molecule has 130 valence electrons. The maximum Gasteiger partial charge on any atom is 0.290 e. The standard InChI is InChI=1S/C21H18N2O3/c1-26-19-9-5-8-18(14-19)22-20(24)15-23-12-10-17(11-13-23)21(25)16-6-3-2-4-7-16/h2-14H,15H2,1H3/p+1. The number of ketones is 1. The number of methoxy groups -OCH3 is 1. The van der Waals surface area contributed by atoms with Gasteiger partial charge in [0.05, 0.1) is 7.11 Å². The van der Waals surface area contributed by atoms with Crippen LogP contribution in [0.3, 0.4) is 0 Å². The second-order valence-electron chi connectivity index (χ2n) is 5.73. The molecule has 0 bridgehead atoms. The van der Waals surface area contributed by atoms with Gasteiger partial charge in [0.15, 0.2) is 18.2 Å². The van der Waals surface area contributed by atoms with Crippen molar-refractivity contribution in [2.75, 3.05) is 12.4 Å². The van der Waals surface area contributed by atoms with Gasteiger partial charge in [-0.1, -0.05) is 36.4 Å². The van der Waals surface area contributed by atoms with E-state index in [4.69, 9.17) is 4.74 Å². The van der Waals surface area contributed by atoms with Crippen molar-refractivity contribution >= 4 is 17.4 Å². The molecule has 1 heterocycles. The van der Waals surface area contributed by atoms with Crippen molar-refractivity contribution in [1.29, 1.82) is 0 Å². The highest BCUT2D eigenvalue weighted by atomic mass is 16.5. The van der Waals surface area contributed by atoms with E-state index in [1.54, 1.807) is 60.5 Å². The van der Waals surface area contributed by atoms with Crippen molar-refractivity contribution in [1.82, 2.24) is 0 Å². The van der Waals surface area contributed by atoms with E-state index in [1.807, 2.05) is 30.3 Å². The Balaban J connectivity index is 1.63. The first kappa shape index (κ1) is 17.4.